The number of nitrogens with zero attached hydrogens (tertiary/aromatic N) is 1. The lowest BCUT2D eigenvalue weighted by Crippen LogP contribution is -2.14. The Kier molecular flexibility index (Phi) is 6.00. The number of esters is 1. The van der Waals surface area contributed by atoms with E-state index in [1.165, 1.54) is 6.92 Å². The molecule has 1 aromatic carbocycles. The van der Waals surface area contributed by atoms with Crippen LogP contribution >= 0.6 is 11.3 Å². The average molecular weight is 455 g/mol. The predicted molar refractivity (Wildman–Crippen MR) is 119 cm³/mol. The van der Waals surface area contributed by atoms with Crippen molar-refractivity contribution in [3.05, 3.63) is 63.8 Å². The summed E-state index contributed by atoms with van der Waals surface area (Å²) >= 11 is 1.10. The minimum Gasteiger partial charge on any atom is -0.454 e. The van der Waals surface area contributed by atoms with Gasteiger partial charge in [0.15, 0.2) is 18.1 Å². The summed E-state index contributed by atoms with van der Waals surface area (Å²) in [6.07, 6.45) is 0. The van der Waals surface area contributed by atoms with Crippen LogP contribution in [0.4, 0.5) is 5.00 Å². The van der Waals surface area contributed by atoms with Gasteiger partial charge in [-0.3, -0.25) is 9.59 Å². The molecule has 3 aromatic rings. The third-order valence-corrected chi connectivity index (χ3v) is 6.07. The Hall–Kier alpha value is -3.59. The smallest absolute Gasteiger partial charge is 0.348 e. The minimum absolute atomic E-state index is 0.220. The number of Topliss-reactive ketones (excluding diaryl/α,β-unsaturated/α-hetero) is 1. The predicted octanol–water partition coefficient (Wildman–Crippen LogP) is 3.94. The van der Waals surface area contributed by atoms with Gasteiger partial charge in [-0.2, -0.15) is 0 Å². The third kappa shape index (κ3) is 4.52. The molecule has 0 radical (unpaired) electrons. The van der Waals surface area contributed by atoms with E-state index in [0.29, 0.717) is 27.7 Å². The molecule has 0 fully saturated rings. The van der Waals surface area contributed by atoms with E-state index in [1.54, 1.807) is 18.2 Å². The number of carbonyl (C=O) groups is 3. The largest absolute Gasteiger partial charge is 0.454 e. The third-order valence-electron chi connectivity index (χ3n) is 5.09. The van der Waals surface area contributed by atoms with Gasteiger partial charge in [0.25, 0.3) is 0 Å². The van der Waals surface area contributed by atoms with Crippen LogP contribution in [0.2, 0.25) is 0 Å². The van der Waals surface area contributed by atoms with Crippen molar-refractivity contribution in [2.75, 3.05) is 18.7 Å². The molecular formula is C23H22N2O6S. The van der Waals surface area contributed by atoms with Crippen molar-refractivity contribution < 1.29 is 28.6 Å². The molecule has 0 spiro atoms. The fraction of sp³-hybridized carbons (Fsp3) is 0.261. The number of thiophene rings is 1. The summed E-state index contributed by atoms with van der Waals surface area (Å²) in [6, 6.07) is 10.7. The Morgan fingerprint density at radius 1 is 1.09 bits per heavy atom. The Morgan fingerprint density at radius 3 is 2.66 bits per heavy atom. The second kappa shape index (κ2) is 8.88. The summed E-state index contributed by atoms with van der Waals surface area (Å²) in [7, 11) is 0. The van der Waals surface area contributed by atoms with Crippen LogP contribution in [0.25, 0.3) is 0 Å². The molecule has 1 aliphatic rings. The van der Waals surface area contributed by atoms with Crippen LogP contribution < -0.4 is 14.8 Å². The number of amides is 1. The fourth-order valence-electron chi connectivity index (χ4n) is 3.52. The van der Waals surface area contributed by atoms with Crippen LogP contribution in [0, 0.1) is 13.8 Å². The van der Waals surface area contributed by atoms with Crippen LogP contribution in [0.15, 0.2) is 36.4 Å². The second-order valence-corrected chi connectivity index (χ2v) is 8.49. The number of rotatable bonds is 7. The first-order valence-corrected chi connectivity index (χ1v) is 10.8. The van der Waals surface area contributed by atoms with Gasteiger partial charge in [0, 0.05) is 30.4 Å². The molecule has 0 unspecified atom stereocenters. The van der Waals surface area contributed by atoms with Crippen LogP contribution in [-0.2, 0) is 16.1 Å². The molecule has 166 valence electrons. The maximum absolute atomic E-state index is 12.7. The standard InChI is InChI=1S/C23H22N2O6S/c1-13-8-17(14(2)25(13)10-16-4-5-19-20(9-16)31-12-30-19)18(27)11-29-23(28)21-6-7-22(32-21)24-15(3)26/h4-9H,10-12H2,1-3H3,(H,24,26). The normalized spacial score (nSPS) is 12.0. The van der Waals surface area contributed by atoms with Crippen LogP contribution in [0.1, 0.15) is 43.9 Å². The van der Waals surface area contributed by atoms with Crippen molar-refractivity contribution in [1.29, 1.82) is 0 Å². The molecule has 2 aromatic heterocycles. The van der Waals surface area contributed by atoms with Crippen molar-refractivity contribution in [1.82, 2.24) is 4.57 Å². The zero-order valence-corrected chi connectivity index (χ0v) is 18.7. The monoisotopic (exact) mass is 454 g/mol. The number of aromatic nitrogens is 1. The molecule has 0 aliphatic carbocycles. The Balaban J connectivity index is 1.41. The summed E-state index contributed by atoms with van der Waals surface area (Å²) in [5, 5.41) is 3.15. The fourth-order valence-corrected chi connectivity index (χ4v) is 4.36. The number of hydrogen-bond acceptors (Lipinski definition) is 7. The van der Waals surface area contributed by atoms with Gasteiger partial charge in [-0.1, -0.05) is 6.07 Å². The molecule has 0 saturated carbocycles. The van der Waals surface area contributed by atoms with E-state index in [1.807, 2.05) is 36.6 Å². The first-order chi connectivity index (χ1) is 15.3. The highest BCUT2D eigenvalue weighted by Gasteiger charge is 2.20. The highest BCUT2D eigenvalue weighted by atomic mass is 32.1. The van der Waals surface area contributed by atoms with Crippen molar-refractivity contribution >= 4 is 34.0 Å². The van der Waals surface area contributed by atoms with Crippen molar-refractivity contribution in [2.24, 2.45) is 0 Å². The molecule has 1 N–H and O–H groups in total. The van der Waals surface area contributed by atoms with Gasteiger partial charge in [-0.15, -0.1) is 11.3 Å². The van der Waals surface area contributed by atoms with E-state index in [0.717, 1.165) is 34.0 Å². The zero-order valence-electron chi connectivity index (χ0n) is 17.9. The first kappa shape index (κ1) is 21.6. The van der Waals surface area contributed by atoms with E-state index in [2.05, 4.69) is 5.32 Å². The number of ether oxygens (including phenoxy) is 3. The molecule has 0 atom stereocenters. The van der Waals surface area contributed by atoms with Crippen LogP contribution in [-0.4, -0.2) is 35.6 Å². The summed E-state index contributed by atoms with van der Waals surface area (Å²) in [6.45, 7) is 5.62. The van der Waals surface area contributed by atoms with Gasteiger partial charge >= 0.3 is 5.97 Å². The van der Waals surface area contributed by atoms with Crippen molar-refractivity contribution in [2.45, 2.75) is 27.3 Å². The lowest BCUT2D eigenvalue weighted by atomic mass is 10.1. The molecule has 9 heteroatoms. The molecule has 8 nitrogen and oxygen atoms in total. The zero-order chi connectivity index (χ0) is 22.8. The highest BCUT2D eigenvalue weighted by molar-refractivity contribution is 7.18. The van der Waals surface area contributed by atoms with Crippen LogP contribution in [0.3, 0.4) is 0 Å². The second-order valence-electron chi connectivity index (χ2n) is 7.40. The molecule has 4 rings (SSSR count). The maximum atomic E-state index is 12.7. The van der Waals surface area contributed by atoms with Crippen molar-refractivity contribution in [3.63, 3.8) is 0 Å². The average Bonchev–Trinajstić information content (AvgIpc) is 3.47. The van der Waals surface area contributed by atoms with Gasteiger partial charge in [0.1, 0.15) is 4.88 Å². The van der Waals surface area contributed by atoms with Crippen molar-refractivity contribution in [3.8, 4) is 11.5 Å². The Labute approximate surface area is 188 Å². The summed E-state index contributed by atoms with van der Waals surface area (Å²) in [4.78, 5) is 36.4. The molecule has 0 saturated heterocycles. The topological polar surface area (TPSA) is 95.9 Å². The number of aryl methyl sites for hydroxylation is 1. The van der Waals surface area contributed by atoms with E-state index < -0.39 is 5.97 Å². The number of hydrogen-bond donors (Lipinski definition) is 1. The lowest BCUT2D eigenvalue weighted by Gasteiger charge is -2.11. The molecule has 32 heavy (non-hydrogen) atoms. The minimum atomic E-state index is -0.603. The summed E-state index contributed by atoms with van der Waals surface area (Å²) in [5.41, 5.74) is 3.26. The van der Waals surface area contributed by atoms with E-state index in [4.69, 9.17) is 14.2 Å². The highest BCUT2D eigenvalue weighted by Crippen LogP contribution is 2.33. The summed E-state index contributed by atoms with van der Waals surface area (Å²) in [5.74, 6) is 0.333. The van der Waals surface area contributed by atoms with Gasteiger partial charge in [0.2, 0.25) is 18.5 Å². The Morgan fingerprint density at radius 2 is 1.88 bits per heavy atom. The maximum Gasteiger partial charge on any atom is 0.348 e. The molecule has 1 aliphatic heterocycles. The molecule has 0 bridgehead atoms. The SMILES string of the molecule is CC(=O)Nc1ccc(C(=O)OCC(=O)c2cc(C)n(Cc3ccc4c(c3)OCO4)c2C)s1. The van der Waals surface area contributed by atoms with E-state index in [-0.39, 0.29) is 25.1 Å². The quantitative estimate of drug-likeness (QED) is 0.429. The van der Waals surface area contributed by atoms with E-state index >= 15 is 0 Å². The van der Waals surface area contributed by atoms with Gasteiger partial charge in [-0.25, -0.2) is 4.79 Å². The lowest BCUT2D eigenvalue weighted by molar-refractivity contribution is -0.114. The van der Waals surface area contributed by atoms with Gasteiger partial charge < -0.3 is 24.1 Å². The number of anilines is 1. The number of ketones is 1. The number of benzene rings is 1. The van der Waals surface area contributed by atoms with Gasteiger partial charge in [-0.05, 0) is 49.7 Å². The molecule has 3 heterocycles. The Bertz CT molecular complexity index is 1210. The van der Waals surface area contributed by atoms with Gasteiger partial charge in [0.05, 0.1) is 5.00 Å². The summed E-state index contributed by atoms with van der Waals surface area (Å²) < 4.78 is 18.0. The molecule has 1 amide bonds. The number of fused-ring (bicyclic) bond motifs is 1. The van der Waals surface area contributed by atoms with E-state index in [9.17, 15) is 14.4 Å². The van der Waals surface area contributed by atoms with Crippen LogP contribution in [0.5, 0.6) is 11.5 Å². The first-order valence-electron chi connectivity index (χ1n) is 9.95. The number of nitrogens with one attached hydrogen (secondary N) is 1. The molecular weight excluding hydrogens is 432 g/mol. The number of carbonyl (C=O) groups excluding carboxylic acids is 3.